The zero-order valence-electron chi connectivity index (χ0n) is 17.5. The second kappa shape index (κ2) is 11.6. The van der Waals surface area contributed by atoms with Crippen LogP contribution in [0.2, 0.25) is 0 Å². The molecule has 1 aliphatic heterocycles. The van der Waals surface area contributed by atoms with Gasteiger partial charge in [0, 0.05) is 26.1 Å². The summed E-state index contributed by atoms with van der Waals surface area (Å²) in [6.07, 6.45) is 9.59. The third kappa shape index (κ3) is 7.55. The summed E-state index contributed by atoms with van der Waals surface area (Å²) < 4.78 is 27.6. The summed E-state index contributed by atoms with van der Waals surface area (Å²) in [4.78, 5) is 14.7. The van der Waals surface area contributed by atoms with Crippen molar-refractivity contribution in [1.29, 1.82) is 0 Å². The minimum absolute atomic E-state index is 0.183. The molecule has 28 heavy (non-hydrogen) atoms. The summed E-state index contributed by atoms with van der Waals surface area (Å²) >= 11 is 0. The van der Waals surface area contributed by atoms with Crippen molar-refractivity contribution in [2.75, 3.05) is 19.6 Å². The van der Waals surface area contributed by atoms with Crippen LogP contribution in [0, 0.1) is 12.8 Å². The summed E-state index contributed by atoms with van der Waals surface area (Å²) in [5.41, 5.74) is 1.03. The van der Waals surface area contributed by atoms with Crippen LogP contribution in [0.5, 0.6) is 0 Å². The van der Waals surface area contributed by atoms with Crippen molar-refractivity contribution >= 4 is 15.9 Å². The lowest BCUT2D eigenvalue weighted by Crippen LogP contribution is -2.43. The lowest BCUT2D eigenvalue weighted by atomic mass is 9.98. The van der Waals surface area contributed by atoms with Crippen molar-refractivity contribution in [1.82, 2.24) is 9.62 Å². The standard InChI is InChI=1S/C22H36N2O3S/c1-3-4-5-6-7-8-11-22(25)24-16-9-10-20(18-24)17-23-28(26,27)21-14-12-19(2)13-15-21/h12-15,20,23H,3-11,16-18H2,1-2H3. The van der Waals surface area contributed by atoms with Gasteiger partial charge in [-0.15, -0.1) is 0 Å². The van der Waals surface area contributed by atoms with Crippen LogP contribution in [-0.4, -0.2) is 38.9 Å². The van der Waals surface area contributed by atoms with Gasteiger partial charge in [-0.2, -0.15) is 0 Å². The molecule has 1 atom stereocenters. The summed E-state index contributed by atoms with van der Waals surface area (Å²) in [6.45, 7) is 5.98. The minimum atomic E-state index is -3.49. The molecule has 1 N–H and O–H groups in total. The van der Waals surface area contributed by atoms with E-state index in [4.69, 9.17) is 0 Å². The molecule has 1 unspecified atom stereocenters. The molecule has 2 rings (SSSR count). The van der Waals surface area contributed by atoms with E-state index in [2.05, 4.69) is 11.6 Å². The van der Waals surface area contributed by atoms with Crippen LogP contribution < -0.4 is 4.72 Å². The van der Waals surface area contributed by atoms with Crippen molar-refractivity contribution in [3.05, 3.63) is 29.8 Å². The quantitative estimate of drug-likeness (QED) is 0.556. The predicted octanol–water partition coefficient (Wildman–Crippen LogP) is 4.26. The molecule has 0 radical (unpaired) electrons. The maximum absolute atomic E-state index is 12.5. The third-order valence-electron chi connectivity index (χ3n) is 5.51. The number of benzene rings is 1. The molecule has 0 saturated carbocycles. The van der Waals surface area contributed by atoms with Crippen molar-refractivity contribution in [3.63, 3.8) is 0 Å². The number of aryl methyl sites for hydroxylation is 1. The fourth-order valence-corrected chi connectivity index (χ4v) is 4.82. The first-order chi connectivity index (χ1) is 13.4. The van der Waals surface area contributed by atoms with Crippen molar-refractivity contribution in [2.45, 2.75) is 76.5 Å². The van der Waals surface area contributed by atoms with E-state index < -0.39 is 10.0 Å². The van der Waals surface area contributed by atoms with E-state index in [9.17, 15) is 13.2 Å². The summed E-state index contributed by atoms with van der Waals surface area (Å²) in [5, 5.41) is 0. The van der Waals surface area contributed by atoms with Gasteiger partial charge in [-0.1, -0.05) is 56.7 Å². The molecule has 0 spiro atoms. The number of hydrogen-bond donors (Lipinski definition) is 1. The molecule has 0 bridgehead atoms. The van der Waals surface area contributed by atoms with Crippen molar-refractivity contribution in [2.24, 2.45) is 5.92 Å². The zero-order chi connectivity index (χ0) is 20.4. The van der Waals surface area contributed by atoms with Crippen LogP contribution in [-0.2, 0) is 14.8 Å². The Labute approximate surface area is 170 Å². The van der Waals surface area contributed by atoms with Crippen LogP contribution in [0.15, 0.2) is 29.2 Å². The molecule has 1 fully saturated rings. The molecule has 1 heterocycles. The highest BCUT2D eigenvalue weighted by Crippen LogP contribution is 2.19. The van der Waals surface area contributed by atoms with Crippen LogP contribution >= 0.6 is 0 Å². The average molecular weight is 409 g/mol. The average Bonchev–Trinajstić information content (AvgIpc) is 2.69. The number of carbonyl (C=O) groups is 1. The topological polar surface area (TPSA) is 66.5 Å². The number of nitrogens with one attached hydrogen (secondary N) is 1. The highest BCUT2D eigenvalue weighted by molar-refractivity contribution is 7.89. The van der Waals surface area contributed by atoms with E-state index in [1.807, 2.05) is 11.8 Å². The van der Waals surface area contributed by atoms with E-state index in [1.165, 1.54) is 25.7 Å². The molecule has 6 heteroatoms. The number of sulfonamides is 1. The van der Waals surface area contributed by atoms with Gasteiger partial charge in [-0.3, -0.25) is 4.79 Å². The van der Waals surface area contributed by atoms with Gasteiger partial charge < -0.3 is 4.90 Å². The number of hydrogen-bond acceptors (Lipinski definition) is 3. The van der Waals surface area contributed by atoms with Gasteiger partial charge in [0.25, 0.3) is 0 Å². The van der Waals surface area contributed by atoms with Crippen LogP contribution in [0.1, 0.15) is 70.3 Å². The minimum Gasteiger partial charge on any atom is -0.342 e. The maximum atomic E-state index is 12.5. The monoisotopic (exact) mass is 408 g/mol. The molecule has 5 nitrogen and oxygen atoms in total. The second-order valence-corrected chi connectivity index (χ2v) is 9.80. The van der Waals surface area contributed by atoms with Gasteiger partial charge in [-0.05, 0) is 44.2 Å². The highest BCUT2D eigenvalue weighted by Gasteiger charge is 2.25. The summed E-state index contributed by atoms with van der Waals surface area (Å²) in [6, 6.07) is 6.87. The smallest absolute Gasteiger partial charge is 0.240 e. The van der Waals surface area contributed by atoms with Gasteiger partial charge >= 0.3 is 0 Å². The first-order valence-corrected chi connectivity index (χ1v) is 12.2. The van der Waals surface area contributed by atoms with E-state index in [-0.39, 0.29) is 11.8 Å². The molecule has 0 aliphatic carbocycles. The summed E-state index contributed by atoms with van der Waals surface area (Å²) in [5.74, 6) is 0.407. The summed E-state index contributed by atoms with van der Waals surface area (Å²) in [7, 11) is -3.49. The Balaban J connectivity index is 1.75. The van der Waals surface area contributed by atoms with Crippen LogP contribution in [0.25, 0.3) is 0 Å². The largest absolute Gasteiger partial charge is 0.342 e. The maximum Gasteiger partial charge on any atom is 0.240 e. The van der Waals surface area contributed by atoms with Gasteiger partial charge in [0.1, 0.15) is 0 Å². The van der Waals surface area contributed by atoms with E-state index in [0.29, 0.717) is 24.4 Å². The van der Waals surface area contributed by atoms with Crippen LogP contribution in [0.3, 0.4) is 0 Å². The third-order valence-corrected chi connectivity index (χ3v) is 6.95. The number of amides is 1. The van der Waals surface area contributed by atoms with E-state index in [1.54, 1.807) is 24.3 Å². The Morgan fingerprint density at radius 1 is 1.11 bits per heavy atom. The predicted molar refractivity (Wildman–Crippen MR) is 114 cm³/mol. The first-order valence-electron chi connectivity index (χ1n) is 10.8. The van der Waals surface area contributed by atoms with Crippen molar-refractivity contribution < 1.29 is 13.2 Å². The Bertz CT molecular complexity index is 701. The molecule has 1 aliphatic rings. The van der Waals surface area contributed by atoms with Crippen molar-refractivity contribution in [3.8, 4) is 0 Å². The molecule has 1 amide bonds. The van der Waals surface area contributed by atoms with Gasteiger partial charge in [-0.25, -0.2) is 13.1 Å². The second-order valence-electron chi connectivity index (χ2n) is 8.03. The Morgan fingerprint density at radius 3 is 2.50 bits per heavy atom. The lowest BCUT2D eigenvalue weighted by molar-refractivity contribution is -0.133. The molecule has 1 saturated heterocycles. The number of likely N-dealkylation sites (tertiary alicyclic amines) is 1. The molecular weight excluding hydrogens is 372 g/mol. The SMILES string of the molecule is CCCCCCCCC(=O)N1CCCC(CNS(=O)(=O)c2ccc(C)cc2)C1. The number of unbranched alkanes of at least 4 members (excludes halogenated alkanes) is 5. The Morgan fingerprint density at radius 2 is 1.79 bits per heavy atom. The molecule has 1 aromatic rings. The number of piperidine rings is 1. The number of nitrogens with zero attached hydrogens (tertiary/aromatic N) is 1. The molecule has 1 aromatic carbocycles. The fourth-order valence-electron chi connectivity index (χ4n) is 3.70. The Kier molecular flexibility index (Phi) is 9.45. The highest BCUT2D eigenvalue weighted by atomic mass is 32.2. The Hall–Kier alpha value is -1.40. The van der Waals surface area contributed by atoms with Crippen LogP contribution in [0.4, 0.5) is 0 Å². The molecular formula is C22H36N2O3S. The zero-order valence-corrected chi connectivity index (χ0v) is 18.3. The fraction of sp³-hybridized carbons (Fsp3) is 0.682. The van der Waals surface area contributed by atoms with Gasteiger partial charge in [0.05, 0.1) is 4.90 Å². The first kappa shape index (κ1) is 22.9. The lowest BCUT2D eigenvalue weighted by Gasteiger charge is -2.33. The number of carbonyl (C=O) groups excluding carboxylic acids is 1. The van der Waals surface area contributed by atoms with E-state index in [0.717, 1.165) is 37.8 Å². The number of rotatable bonds is 11. The van der Waals surface area contributed by atoms with E-state index >= 15 is 0 Å². The van der Waals surface area contributed by atoms with Gasteiger partial charge in [0.2, 0.25) is 15.9 Å². The molecule has 0 aromatic heterocycles. The van der Waals surface area contributed by atoms with Gasteiger partial charge in [0.15, 0.2) is 0 Å². The molecule has 158 valence electrons. The normalized spacial score (nSPS) is 17.6.